The number of alkyl halides is 2. The number of piperazine rings is 1. The molecular weight excluding hydrogens is 569 g/mol. The number of nitrogens with one attached hydrogen (secondary N) is 2. The molecule has 1 saturated heterocycles. The summed E-state index contributed by atoms with van der Waals surface area (Å²) < 4.78 is 58.4. The van der Waals surface area contributed by atoms with Crippen molar-refractivity contribution < 1.29 is 17.2 Å². The van der Waals surface area contributed by atoms with Gasteiger partial charge in [-0.25, -0.2) is 0 Å². The third kappa shape index (κ3) is 4.57. The molecule has 1 aliphatic heterocycles. The summed E-state index contributed by atoms with van der Waals surface area (Å²) in [5.41, 5.74) is -0.173. The molecule has 2 N–H and O–H groups in total. The van der Waals surface area contributed by atoms with Gasteiger partial charge in [-0.15, -0.1) is 0 Å². The second-order valence-corrected chi connectivity index (χ2v) is 14.1. The molecule has 0 amide bonds. The number of anilines is 1. The van der Waals surface area contributed by atoms with Gasteiger partial charge in [-0.3, -0.25) is 0 Å². The summed E-state index contributed by atoms with van der Waals surface area (Å²) in [6.45, 7) is 5.46. The molecule has 3 aromatic rings. The molecule has 4 heterocycles. The molecule has 0 aromatic carbocycles. The molecule has 0 spiro atoms. The minimum absolute atomic E-state index is 0.0139. The van der Waals surface area contributed by atoms with Gasteiger partial charge in [0.05, 0.1) is 0 Å². The minimum atomic E-state index is -4.05. The second kappa shape index (κ2) is 8.81. The molecule has 3 aromatic heterocycles. The first-order valence-electron chi connectivity index (χ1n) is 12.2. The van der Waals surface area contributed by atoms with Crippen molar-refractivity contribution >= 4 is 35.9 Å². The monoisotopic (exact) mass is 596 g/mol. The predicted molar refractivity (Wildman–Crippen MR) is 132 cm³/mol. The van der Waals surface area contributed by atoms with E-state index in [1.807, 2.05) is 4.40 Å². The van der Waals surface area contributed by atoms with Gasteiger partial charge in [0.2, 0.25) is 0 Å². The van der Waals surface area contributed by atoms with Gasteiger partial charge in [-0.1, -0.05) is 0 Å². The van der Waals surface area contributed by atoms with Crippen LogP contribution in [-0.2, 0) is 10.0 Å². The average molecular weight is 596 g/mol. The van der Waals surface area contributed by atoms with Gasteiger partial charge in [0.1, 0.15) is 0 Å². The van der Waals surface area contributed by atoms with Crippen LogP contribution >= 0.6 is 0 Å². The Hall–Kier alpha value is -2.43. The van der Waals surface area contributed by atoms with Crippen molar-refractivity contribution in [2.24, 2.45) is 0 Å². The van der Waals surface area contributed by atoms with Gasteiger partial charge in [0.15, 0.2) is 0 Å². The number of aromatic nitrogens is 4. The van der Waals surface area contributed by atoms with Crippen LogP contribution in [0.1, 0.15) is 62.3 Å². The van der Waals surface area contributed by atoms with Crippen LogP contribution in [0.2, 0.25) is 0 Å². The van der Waals surface area contributed by atoms with Gasteiger partial charge in [-0.05, 0) is 0 Å². The zero-order valence-corrected chi connectivity index (χ0v) is 22.8. The first-order valence-corrected chi connectivity index (χ1v) is 15.4. The number of halogens is 2. The Labute approximate surface area is 218 Å². The molecule has 14 heteroatoms. The third-order valence-corrected chi connectivity index (χ3v) is 10.5. The second-order valence-electron chi connectivity index (χ2n) is 10.3. The number of sulfonamides is 1. The van der Waals surface area contributed by atoms with Gasteiger partial charge >= 0.3 is 219 Å². The topological polar surface area (TPSA) is 128 Å². The van der Waals surface area contributed by atoms with Crippen LogP contribution in [0.15, 0.2) is 17.0 Å². The molecule has 3 aliphatic rings. The van der Waals surface area contributed by atoms with Crippen molar-refractivity contribution in [1.29, 1.82) is 5.26 Å². The maximum atomic E-state index is 13.5. The van der Waals surface area contributed by atoms with E-state index in [-0.39, 0.29) is 27.5 Å². The van der Waals surface area contributed by atoms with Gasteiger partial charge < -0.3 is 0 Å². The van der Waals surface area contributed by atoms with Crippen molar-refractivity contribution in [3.05, 3.63) is 22.5 Å². The number of hydrogen-bond acceptors (Lipinski definition) is 8. The summed E-state index contributed by atoms with van der Waals surface area (Å²) in [6, 6.07) is 5.59. The summed E-state index contributed by atoms with van der Waals surface area (Å²) in [7, 11) is -4.05. The van der Waals surface area contributed by atoms with E-state index in [0.717, 1.165) is 18.7 Å². The van der Waals surface area contributed by atoms with Crippen LogP contribution in [0, 0.1) is 11.3 Å². The average Bonchev–Trinajstić information content (AvgIpc) is 3.74. The van der Waals surface area contributed by atoms with E-state index in [1.165, 1.54) is 6.07 Å². The Bertz CT molecular complexity index is 1510. The Morgan fingerprint density at radius 2 is 1.92 bits per heavy atom. The molecule has 2 saturated carbocycles. The van der Waals surface area contributed by atoms with Crippen LogP contribution in [0.4, 0.5) is 14.6 Å². The Morgan fingerprint density at radius 1 is 1.22 bits per heavy atom. The number of nitriles is 1. The molecule has 3 fully saturated rings. The Kier molecular flexibility index (Phi) is 5.93. The zero-order chi connectivity index (χ0) is 26.1. The maximum absolute atomic E-state index is 13.5. The number of nitrogens with zero attached hydrogens (tertiary/aromatic N) is 6. The zero-order valence-electron chi connectivity index (χ0n) is 20.3. The SMILES string of the molecule is C[C@H]1CN(c2cc(S(=O)(=O)NC3(C#N)CC3)cc3c(-c4nnc(C(F)F)[se]4)nc(C4CC4)n23)C[C@H](C)N1. The van der Waals surface area contributed by atoms with Crippen molar-refractivity contribution in [3.63, 3.8) is 0 Å². The normalized spacial score (nSPS) is 23.5. The van der Waals surface area contributed by atoms with E-state index in [9.17, 15) is 22.5 Å². The Balaban J connectivity index is 1.58. The number of fused-ring (bicyclic) bond motifs is 1. The van der Waals surface area contributed by atoms with Gasteiger partial charge in [-0.2, -0.15) is 0 Å². The van der Waals surface area contributed by atoms with Crippen molar-refractivity contribution in [1.82, 2.24) is 29.6 Å². The fourth-order valence-electron chi connectivity index (χ4n) is 4.96. The van der Waals surface area contributed by atoms with Crippen LogP contribution in [0.25, 0.3) is 15.8 Å². The molecule has 37 heavy (non-hydrogen) atoms. The van der Waals surface area contributed by atoms with E-state index in [0.29, 0.717) is 47.5 Å². The summed E-state index contributed by atoms with van der Waals surface area (Å²) in [5.74, 6) is 1.67. The number of pyridine rings is 1. The molecule has 196 valence electrons. The van der Waals surface area contributed by atoms with E-state index in [4.69, 9.17) is 4.98 Å². The Morgan fingerprint density at radius 3 is 2.49 bits per heavy atom. The third-order valence-electron chi connectivity index (χ3n) is 6.98. The molecular formula is C23H26F2N8O2SSe. The molecule has 2 atom stereocenters. The number of rotatable bonds is 7. The predicted octanol–water partition coefficient (Wildman–Crippen LogP) is 2.18. The quantitative estimate of drug-likeness (QED) is 0.398. The van der Waals surface area contributed by atoms with Crippen molar-refractivity contribution in [2.45, 2.75) is 74.4 Å². The van der Waals surface area contributed by atoms with Crippen LogP contribution in [-0.4, -0.2) is 73.2 Å². The fraction of sp³-hybridized carbons (Fsp3) is 0.565. The van der Waals surface area contributed by atoms with Crippen LogP contribution < -0.4 is 14.9 Å². The molecule has 10 nitrogen and oxygen atoms in total. The van der Waals surface area contributed by atoms with E-state index < -0.39 is 36.5 Å². The fourth-order valence-corrected chi connectivity index (χ4v) is 7.84. The van der Waals surface area contributed by atoms with Crippen molar-refractivity contribution in [2.75, 3.05) is 18.0 Å². The van der Waals surface area contributed by atoms with E-state index >= 15 is 0 Å². The first-order chi connectivity index (χ1) is 17.6. The van der Waals surface area contributed by atoms with Crippen LogP contribution in [0.5, 0.6) is 0 Å². The molecule has 2 aliphatic carbocycles. The summed E-state index contributed by atoms with van der Waals surface area (Å²) in [6.07, 6.45) is 0.130. The molecule has 0 bridgehead atoms. The standard InChI is InChI=1S/C23H26F2N8O2SSe/c1-12-9-32(10-13(2)27-12)17-8-15(36(34,35)31-23(11-26)5-6-23)7-16-18(21-29-30-22(37-21)19(24)25)28-20(33(16)17)14-3-4-14/h7-8,12-14,19,27,31H,3-6,9-10H2,1-2H3/t12-,13-/m0/s1. The molecule has 0 radical (unpaired) electrons. The number of hydrogen-bond donors (Lipinski definition) is 2. The first kappa shape index (κ1) is 24.9. The van der Waals surface area contributed by atoms with Gasteiger partial charge in [0.25, 0.3) is 0 Å². The van der Waals surface area contributed by atoms with Gasteiger partial charge in [0, 0.05) is 0 Å². The summed E-state index contributed by atoms with van der Waals surface area (Å²) >= 11 is -0.811. The van der Waals surface area contributed by atoms with E-state index in [2.05, 4.69) is 45.1 Å². The molecule has 0 unspecified atom stereocenters. The molecule has 6 rings (SSSR count). The van der Waals surface area contributed by atoms with E-state index in [1.54, 1.807) is 6.07 Å². The summed E-state index contributed by atoms with van der Waals surface area (Å²) in [4.78, 5) is 7.03. The van der Waals surface area contributed by atoms with Crippen molar-refractivity contribution in [3.8, 4) is 16.3 Å². The van der Waals surface area contributed by atoms with Crippen LogP contribution in [0.3, 0.4) is 0 Å². The summed E-state index contributed by atoms with van der Waals surface area (Å²) in [5, 5.41) is 20.7. The number of imidazole rings is 1.